The molecule has 1 aromatic carbocycles. The van der Waals surface area contributed by atoms with Crippen LogP contribution in [-0.4, -0.2) is 18.2 Å². The van der Waals surface area contributed by atoms with Crippen molar-refractivity contribution in [3.05, 3.63) is 40.2 Å². The summed E-state index contributed by atoms with van der Waals surface area (Å²) in [7, 11) is -3.58. The minimum Gasteiger partial charge on any atom is -0.397 e. The highest BCUT2D eigenvalue weighted by Gasteiger charge is 2.24. The third kappa shape index (κ3) is 2.91. The SMILES string of the molecule is CCn1nc(C)c(Cl)c1CS(=O)(=O)c1cccc(C)c1N. The fourth-order valence-corrected chi connectivity index (χ4v) is 4.06. The average Bonchev–Trinajstić information content (AvgIpc) is 2.69. The van der Waals surface area contributed by atoms with Crippen LogP contribution in [-0.2, 0) is 22.1 Å². The van der Waals surface area contributed by atoms with Crippen molar-refractivity contribution in [2.24, 2.45) is 0 Å². The third-order valence-electron chi connectivity index (χ3n) is 3.40. The zero-order valence-electron chi connectivity index (χ0n) is 12.2. The van der Waals surface area contributed by atoms with Crippen LogP contribution in [0.5, 0.6) is 0 Å². The molecule has 0 saturated carbocycles. The predicted octanol–water partition coefficient (Wildman–Crippen LogP) is 2.73. The summed E-state index contributed by atoms with van der Waals surface area (Å²) < 4.78 is 26.9. The second-order valence-electron chi connectivity index (χ2n) is 4.91. The summed E-state index contributed by atoms with van der Waals surface area (Å²) in [6, 6.07) is 4.98. The molecular formula is C14H18ClN3O2S. The van der Waals surface area contributed by atoms with Gasteiger partial charge in [-0.1, -0.05) is 23.7 Å². The van der Waals surface area contributed by atoms with Gasteiger partial charge < -0.3 is 5.73 Å². The molecule has 0 radical (unpaired) electrons. The summed E-state index contributed by atoms with van der Waals surface area (Å²) in [5.41, 5.74) is 8.05. The van der Waals surface area contributed by atoms with E-state index in [1.54, 1.807) is 30.7 Å². The van der Waals surface area contributed by atoms with Crippen LogP contribution in [0.2, 0.25) is 5.02 Å². The van der Waals surface area contributed by atoms with Gasteiger partial charge in [0.2, 0.25) is 0 Å². The molecule has 0 unspecified atom stereocenters. The number of nitrogens with zero attached hydrogens (tertiary/aromatic N) is 2. The molecule has 2 N–H and O–H groups in total. The zero-order valence-corrected chi connectivity index (χ0v) is 13.8. The highest BCUT2D eigenvalue weighted by molar-refractivity contribution is 7.90. The van der Waals surface area contributed by atoms with Crippen LogP contribution >= 0.6 is 11.6 Å². The first-order chi connectivity index (χ1) is 9.77. The van der Waals surface area contributed by atoms with Gasteiger partial charge in [-0.25, -0.2) is 8.42 Å². The second kappa shape index (κ2) is 5.69. The molecule has 21 heavy (non-hydrogen) atoms. The van der Waals surface area contributed by atoms with Gasteiger partial charge in [-0.2, -0.15) is 5.10 Å². The average molecular weight is 328 g/mol. The highest BCUT2D eigenvalue weighted by atomic mass is 35.5. The van der Waals surface area contributed by atoms with Crippen LogP contribution < -0.4 is 5.73 Å². The van der Waals surface area contributed by atoms with E-state index < -0.39 is 9.84 Å². The Hall–Kier alpha value is -1.53. The molecule has 5 nitrogen and oxygen atoms in total. The Balaban J connectivity index is 2.50. The van der Waals surface area contributed by atoms with Crippen molar-refractivity contribution in [3.63, 3.8) is 0 Å². The molecule has 0 atom stereocenters. The zero-order chi connectivity index (χ0) is 15.8. The topological polar surface area (TPSA) is 78.0 Å². The van der Waals surface area contributed by atoms with Crippen molar-refractivity contribution in [2.45, 2.75) is 38.0 Å². The first-order valence-corrected chi connectivity index (χ1v) is 8.60. The molecule has 0 fully saturated rings. The van der Waals surface area contributed by atoms with Crippen LogP contribution in [0.3, 0.4) is 0 Å². The number of aryl methyl sites for hydroxylation is 3. The largest absolute Gasteiger partial charge is 0.397 e. The van der Waals surface area contributed by atoms with Crippen molar-refractivity contribution >= 4 is 27.1 Å². The van der Waals surface area contributed by atoms with E-state index in [1.165, 1.54) is 6.07 Å². The van der Waals surface area contributed by atoms with Gasteiger partial charge in [-0.3, -0.25) is 4.68 Å². The predicted molar refractivity (Wildman–Crippen MR) is 84.1 cm³/mol. The maximum atomic E-state index is 12.6. The minimum atomic E-state index is -3.58. The van der Waals surface area contributed by atoms with Gasteiger partial charge in [-0.15, -0.1) is 0 Å². The van der Waals surface area contributed by atoms with Crippen LogP contribution in [0, 0.1) is 13.8 Å². The molecular weight excluding hydrogens is 310 g/mol. The van der Waals surface area contributed by atoms with Gasteiger partial charge in [0.25, 0.3) is 0 Å². The molecule has 0 aliphatic carbocycles. The smallest absolute Gasteiger partial charge is 0.186 e. The summed E-state index contributed by atoms with van der Waals surface area (Å²) >= 11 is 6.18. The fraction of sp³-hybridized carbons (Fsp3) is 0.357. The number of anilines is 1. The first kappa shape index (κ1) is 15.9. The number of para-hydroxylation sites is 1. The Morgan fingerprint density at radius 1 is 1.33 bits per heavy atom. The molecule has 114 valence electrons. The lowest BCUT2D eigenvalue weighted by Crippen LogP contribution is -2.13. The second-order valence-corrected chi connectivity index (χ2v) is 7.24. The third-order valence-corrected chi connectivity index (χ3v) is 5.57. The van der Waals surface area contributed by atoms with Crippen molar-refractivity contribution in [2.75, 3.05) is 5.73 Å². The van der Waals surface area contributed by atoms with Gasteiger partial charge >= 0.3 is 0 Å². The molecule has 2 rings (SSSR count). The van der Waals surface area contributed by atoms with Gasteiger partial charge in [-0.05, 0) is 32.4 Å². The first-order valence-electron chi connectivity index (χ1n) is 6.57. The lowest BCUT2D eigenvalue weighted by Gasteiger charge is -2.10. The van der Waals surface area contributed by atoms with Crippen LogP contribution in [0.25, 0.3) is 0 Å². The summed E-state index contributed by atoms with van der Waals surface area (Å²) in [5, 5.41) is 4.63. The Kier molecular flexibility index (Phi) is 4.30. The van der Waals surface area contributed by atoms with Crippen molar-refractivity contribution in [1.82, 2.24) is 9.78 Å². The van der Waals surface area contributed by atoms with Crippen LogP contribution in [0.4, 0.5) is 5.69 Å². The van der Waals surface area contributed by atoms with Gasteiger partial charge in [0.15, 0.2) is 9.84 Å². The Labute approximate surface area is 129 Å². The number of hydrogen-bond donors (Lipinski definition) is 1. The van der Waals surface area contributed by atoms with Crippen LogP contribution in [0.1, 0.15) is 23.9 Å². The highest BCUT2D eigenvalue weighted by Crippen LogP contribution is 2.28. The standard InChI is InChI=1S/C14H18ClN3O2S/c1-4-18-11(13(15)10(3)17-18)8-21(19,20)12-7-5-6-9(2)14(12)16/h5-7H,4,8,16H2,1-3H3. The normalized spacial score (nSPS) is 11.8. The van der Waals surface area contributed by atoms with E-state index in [9.17, 15) is 8.42 Å². The Morgan fingerprint density at radius 3 is 2.62 bits per heavy atom. The Morgan fingerprint density at radius 2 is 2.00 bits per heavy atom. The molecule has 0 amide bonds. The molecule has 0 saturated heterocycles. The number of rotatable bonds is 4. The molecule has 7 heteroatoms. The number of sulfone groups is 1. The molecule has 2 aromatic rings. The lowest BCUT2D eigenvalue weighted by atomic mass is 10.2. The van der Waals surface area contributed by atoms with E-state index in [0.29, 0.717) is 23.0 Å². The molecule has 0 aliphatic rings. The summed E-state index contributed by atoms with van der Waals surface area (Å²) in [6.45, 7) is 5.98. The van der Waals surface area contributed by atoms with Gasteiger partial charge in [0.05, 0.1) is 32.7 Å². The molecule has 1 heterocycles. The quantitative estimate of drug-likeness (QED) is 0.876. The summed E-state index contributed by atoms with van der Waals surface area (Å²) in [5.74, 6) is -0.214. The molecule has 0 aliphatic heterocycles. The van der Waals surface area contributed by atoms with Crippen molar-refractivity contribution < 1.29 is 8.42 Å². The van der Waals surface area contributed by atoms with E-state index in [2.05, 4.69) is 5.10 Å². The van der Waals surface area contributed by atoms with E-state index in [0.717, 1.165) is 5.56 Å². The number of nitrogens with two attached hydrogens (primary N) is 1. The van der Waals surface area contributed by atoms with Gasteiger partial charge in [0.1, 0.15) is 0 Å². The van der Waals surface area contributed by atoms with Crippen molar-refractivity contribution in [3.8, 4) is 0 Å². The Bertz CT molecular complexity index is 782. The molecule has 1 aromatic heterocycles. The maximum Gasteiger partial charge on any atom is 0.186 e. The number of nitrogen functional groups attached to an aromatic ring is 1. The number of benzene rings is 1. The number of halogens is 1. The van der Waals surface area contributed by atoms with E-state index in [-0.39, 0.29) is 16.3 Å². The van der Waals surface area contributed by atoms with Crippen molar-refractivity contribution in [1.29, 1.82) is 0 Å². The van der Waals surface area contributed by atoms with E-state index in [4.69, 9.17) is 17.3 Å². The molecule has 0 bridgehead atoms. The monoisotopic (exact) mass is 327 g/mol. The van der Waals surface area contributed by atoms with E-state index >= 15 is 0 Å². The lowest BCUT2D eigenvalue weighted by molar-refractivity contribution is 0.586. The number of hydrogen-bond acceptors (Lipinski definition) is 4. The number of aromatic nitrogens is 2. The van der Waals surface area contributed by atoms with E-state index in [1.807, 2.05) is 6.92 Å². The summed E-state index contributed by atoms with van der Waals surface area (Å²) in [4.78, 5) is 0.139. The molecule has 0 spiro atoms. The minimum absolute atomic E-state index is 0.139. The maximum absolute atomic E-state index is 12.6. The fourth-order valence-electron chi connectivity index (χ4n) is 2.19. The van der Waals surface area contributed by atoms with Crippen LogP contribution in [0.15, 0.2) is 23.1 Å². The van der Waals surface area contributed by atoms with Gasteiger partial charge in [0, 0.05) is 6.54 Å². The summed E-state index contributed by atoms with van der Waals surface area (Å²) in [6.07, 6.45) is 0.